The number of nitrogens with zero attached hydrogens (tertiary/aromatic N) is 1. The molecule has 1 fully saturated rings. The summed E-state index contributed by atoms with van der Waals surface area (Å²) in [6, 6.07) is 0. The quantitative estimate of drug-likeness (QED) is 0.713. The van der Waals surface area contributed by atoms with E-state index in [2.05, 4.69) is 0 Å². The zero-order chi connectivity index (χ0) is 17.8. The Labute approximate surface area is 135 Å². The predicted molar refractivity (Wildman–Crippen MR) is 80.7 cm³/mol. The molecule has 1 aliphatic rings. The van der Waals surface area contributed by atoms with Crippen molar-refractivity contribution in [2.45, 2.75) is 58.3 Å². The van der Waals surface area contributed by atoms with Crippen molar-refractivity contribution < 1.29 is 38.2 Å². The van der Waals surface area contributed by atoms with Crippen LogP contribution in [0.25, 0.3) is 0 Å². The van der Waals surface area contributed by atoms with Crippen molar-refractivity contribution in [1.29, 1.82) is 0 Å². The van der Waals surface area contributed by atoms with Crippen LogP contribution in [0.5, 0.6) is 0 Å². The van der Waals surface area contributed by atoms with Crippen molar-refractivity contribution >= 4 is 13.7 Å². The van der Waals surface area contributed by atoms with E-state index < -0.39 is 37.3 Å². The van der Waals surface area contributed by atoms with Crippen LogP contribution in [-0.2, 0) is 23.2 Å². The molecule has 1 saturated heterocycles. The molecule has 1 heterocycles. The number of hydroxylamine groups is 2. The van der Waals surface area contributed by atoms with Gasteiger partial charge in [-0.05, 0) is 34.6 Å². The van der Waals surface area contributed by atoms with Gasteiger partial charge in [-0.3, -0.25) is 4.57 Å². The fourth-order valence-electron chi connectivity index (χ4n) is 1.92. The van der Waals surface area contributed by atoms with Crippen LogP contribution in [0.1, 0.15) is 34.6 Å². The number of aliphatic hydroxyl groups excluding tert-OH is 2. The highest BCUT2D eigenvalue weighted by molar-refractivity contribution is 7.54. The fourth-order valence-corrected chi connectivity index (χ4v) is 3.81. The van der Waals surface area contributed by atoms with E-state index in [4.69, 9.17) is 18.6 Å². The molecule has 0 aliphatic carbocycles. The summed E-state index contributed by atoms with van der Waals surface area (Å²) in [6.45, 7) is 7.98. The lowest BCUT2D eigenvalue weighted by Crippen LogP contribution is -2.56. The van der Waals surface area contributed by atoms with Crippen LogP contribution in [0.2, 0.25) is 0 Å². The smallest absolute Gasteiger partial charge is 0.434 e. The van der Waals surface area contributed by atoms with Crippen LogP contribution in [0.15, 0.2) is 0 Å². The third-order valence-corrected chi connectivity index (χ3v) is 5.06. The van der Waals surface area contributed by atoms with Crippen molar-refractivity contribution in [1.82, 2.24) is 5.06 Å². The molecule has 0 aromatic carbocycles. The molecule has 2 N–H and O–H groups in total. The van der Waals surface area contributed by atoms with Gasteiger partial charge in [-0.1, -0.05) is 0 Å². The first-order chi connectivity index (χ1) is 10.5. The molecule has 136 valence electrons. The standard InChI is InChI=1S/C13H26NO8P/c1-6-19-23(18,20-7-2)11-10(16)9(15)8-14(22-11)12(17)21-13(3,4)5/h9-11,15-16H,6-8H2,1-5H3/t9-,10-,11+/m0/s1. The lowest BCUT2D eigenvalue weighted by molar-refractivity contribution is -0.244. The Hall–Kier alpha value is -0.700. The van der Waals surface area contributed by atoms with Gasteiger partial charge in [0.2, 0.25) is 5.85 Å². The lowest BCUT2D eigenvalue weighted by Gasteiger charge is -2.40. The van der Waals surface area contributed by atoms with E-state index in [0.29, 0.717) is 0 Å². The van der Waals surface area contributed by atoms with Gasteiger partial charge in [-0.2, -0.15) is 5.06 Å². The van der Waals surface area contributed by atoms with Gasteiger partial charge in [0.1, 0.15) is 17.8 Å². The summed E-state index contributed by atoms with van der Waals surface area (Å²) in [6.07, 6.45) is -3.78. The lowest BCUT2D eigenvalue weighted by atomic mass is 10.2. The maximum atomic E-state index is 12.8. The van der Waals surface area contributed by atoms with Gasteiger partial charge in [0, 0.05) is 0 Å². The molecule has 0 unspecified atom stereocenters. The number of aliphatic hydroxyl groups is 2. The number of hydrogen-bond acceptors (Lipinski definition) is 8. The van der Waals surface area contributed by atoms with Crippen LogP contribution >= 0.6 is 7.60 Å². The number of amides is 1. The van der Waals surface area contributed by atoms with Crippen LogP contribution in [0.4, 0.5) is 4.79 Å². The first-order valence-corrected chi connectivity index (χ1v) is 9.07. The molecule has 0 radical (unpaired) electrons. The molecule has 0 aromatic rings. The summed E-state index contributed by atoms with van der Waals surface area (Å²) < 4.78 is 28.1. The Morgan fingerprint density at radius 3 is 2.22 bits per heavy atom. The molecular weight excluding hydrogens is 329 g/mol. The minimum absolute atomic E-state index is 0.0480. The predicted octanol–water partition coefficient (Wildman–Crippen LogP) is 1.48. The number of β-amino-alcohol motifs (C(OH)–C–C–N with tert-alkyl or cyclic N) is 1. The van der Waals surface area contributed by atoms with Gasteiger partial charge in [0.05, 0.1) is 19.8 Å². The molecule has 1 rings (SSSR count). The van der Waals surface area contributed by atoms with E-state index >= 15 is 0 Å². The minimum Gasteiger partial charge on any atom is -0.442 e. The van der Waals surface area contributed by atoms with Gasteiger partial charge in [-0.15, -0.1) is 0 Å². The van der Waals surface area contributed by atoms with Gasteiger partial charge in [0.25, 0.3) is 0 Å². The van der Waals surface area contributed by atoms with Crippen molar-refractivity contribution in [2.75, 3.05) is 19.8 Å². The van der Waals surface area contributed by atoms with E-state index in [1.807, 2.05) is 0 Å². The maximum Gasteiger partial charge on any atom is 0.434 e. The van der Waals surface area contributed by atoms with Gasteiger partial charge in [-0.25, -0.2) is 9.63 Å². The van der Waals surface area contributed by atoms with E-state index in [9.17, 15) is 19.6 Å². The Kier molecular flexibility index (Phi) is 7.00. The molecular formula is C13H26NO8P. The monoisotopic (exact) mass is 355 g/mol. The van der Waals surface area contributed by atoms with Crippen molar-refractivity contribution in [3.05, 3.63) is 0 Å². The van der Waals surface area contributed by atoms with Crippen molar-refractivity contribution in [3.8, 4) is 0 Å². The zero-order valence-electron chi connectivity index (χ0n) is 14.1. The SMILES string of the molecule is CCOP(=O)(OCC)[C@H]1ON(C(=O)OC(C)(C)C)C[C@H](O)[C@@H]1O. The molecule has 0 bridgehead atoms. The maximum absolute atomic E-state index is 12.8. The normalized spacial score (nSPS) is 26.2. The van der Waals surface area contributed by atoms with Crippen LogP contribution in [0, 0.1) is 0 Å². The Morgan fingerprint density at radius 1 is 1.26 bits per heavy atom. The number of ether oxygens (including phenoxy) is 1. The number of carbonyl (C=O) groups is 1. The largest absolute Gasteiger partial charge is 0.442 e. The van der Waals surface area contributed by atoms with E-state index in [0.717, 1.165) is 5.06 Å². The van der Waals surface area contributed by atoms with E-state index in [1.165, 1.54) is 0 Å². The molecule has 1 amide bonds. The highest BCUT2D eigenvalue weighted by Crippen LogP contribution is 2.56. The second kappa shape index (κ2) is 7.92. The van der Waals surface area contributed by atoms with Crippen LogP contribution < -0.4 is 0 Å². The Morgan fingerprint density at radius 2 is 1.78 bits per heavy atom. The summed E-state index contributed by atoms with van der Waals surface area (Å²) in [7, 11) is -3.90. The molecule has 0 saturated carbocycles. The van der Waals surface area contributed by atoms with E-state index in [-0.39, 0.29) is 19.8 Å². The van der Waals surface area contributed by atoms with Crippen molar-refractivity contribution in [2.24, 2.45) is 0 Å². The molecule has 23 heavy (non-hydrogen) atoms. The van der Waals surface area contributed by atoms with Gasteiger partial charge < -0.3 is 24.0 Å². The molecule has 0 spiro atoms. The summed E-state index contributed by atoms with van der Waals surface area (Å²) in [5, 5.41) is 20.7. The Bertz CT molecular complexity index is 442. The minimum atomic E-state index is -3.90. The topological polar surface area (TPSA) is 115 Å². The average Bonchev–Trinajstić information content (AvgIpc) is 2.40. The third-order valence-electron chi connectivity index (χ3n) is 2.80. The van der Waals surface area contributed by atoms with E-state index in [1.54, 1.807) is 34.6 Å². The van der Waals surface area contributed by atoms with Gasteiger partial charge in [0.15, 0.2) is 0 Å². The summed E-state index contributed by atoms with van der Waals surface area (Å²) in [4.78, 5) is 17.4. The molecule has 0 aromatic heterocycles. The number of hydrogen-bond donors (Lipinski definition) is 2. The molecule has 3 atom stereocenters. The molecule has 9 nitrogen and oxygen atoms in total. The zero-order valence-corrected chi connectivity index (χ0v) is 15.0. The first-order valence-electron chi connectivity index (χ1n) is 7.46. The van der Waals surface area contributed by atoms with Gasteiger partial charge >= 0.3 is 13.7 Å². The summed E-state index contributed by atoms with van der Waals surface area (Å²) in [5.41, 5.74) is -0.777. The van der Waals surface area contributed by atoms with Crippen LogP contribution in [-0.4, -0.2) is 64.8 Å². The summed E-state index contributed by atoms with van der Waals surface area (Å²) >= 11 is 0. The highest BCUT2D eigenvalue weighted by Gasteiger charge is 2.51. The molecule has 10 heteroatoms. The molecule has 1 aliphatic heterocycles. The third kappa shape index (κ3) is 5.41. The van der Waals surface area contributed by atoms with Crippen LogP contribution in [0.3, 0.4) is 0 Å². The average molecular weight is 355 g/mol. The Balaban J connectivity index is 2.98. The fraction of sp³-hybridized carbons (Fsp3) is 0.923. The first kappa shape index (κ1) is 20.3. The number of carbonyl (C=O) groups excluding carboxylic acids is 1. The van der Waals surface area contributed by atoms with Crippen molar-refractivity contribution in [3.63, 3.8) is 0 Å². The second-order valence-electron chi connectivity index (χ2n) is 5.97. The number of rotatable bonds is 5. The summed E-state index contributed by atoms with van der Waals surface area (Å²) in [5.74, 6) is -1.53. The second-order valence-corrected chi connectivity index (χ2v) is 8.08. The highest BCUT2D eigenvalue weighted by atomic mass is 31.2.